The number of fused-ring (bicyclic) bond motifs is 1. The zero-order valence-electron chi connectivity index (χ0n) is 14.8. The van der Waals surface area contributed by atoms with E-state index >= 15 is 0 Å². The average molecular weight is 338 g/mol. The van der Waals surface area contributed by atoms with Crippen LogP contribution in [0.25, 0.3) is 5.65 Å². The van der Waals surface area contributed by atoms with E-state index < -0.39 is 0 Å². The monoisotopic (exact) mass is 338 g/mol. The van der Waals surface area contributed by atoms with Gasteiger partial charge in [-0.15, -0.1) is 0 Å². The van der Waals surface area contributed by atoms with Crippen molar-refractivity contribution in [2.45, 2.75) is 46.1 Å². The van der Waals surface area contributed by atoms with E-state index in [1.165, 1.54) is 0 Å². The summed E-state index contributed by atoms with van der Waals surface area (Å²) < 4.78 is 7.32. The fraction of sp³-hybridized carbons (Fsp3) is 0.421. The Balaban J connectivity index is 1.61. The second kappa shape index (κ2) is 6.02. The molecule has 1 amide bonds. The van der Waals surface area contributed by atoms with Gasteiger partial charge in [0.1, 0.15) is 11.4 Å². The van der Waals surface area contributed by atoms with Gasteiger partial charge in [-0.25, -0.2) is 4.98 Å². The van der Waals surface area contributed by atoms with Gasteiger partial charge in [-0.1, -0.05) is 11.2 Å². The van der Waals surface area contributed by atoms with Crippen LogP contribution in [0, 0.1) is 20.8 Å². The van der Waals surface area contributed by atoms with Crippen molar-refractivity contribution in [1.29, 1.82) is 0 Å². The Labute approximate surface area is 146 Å². The number of likely N-dealkylation sites (tertiary alicyclic amines) is 1. The molecule has 4 rings (SSSR count). The molecule has 3 aromatic heterocycles. The maximum atomic E-state index is 13.0. The van der Waals surface area contributed by atoms with E-state index in [0.717, 1.165) is 53.3 Å². The molecule has 0 spiro atoms. The molecule has 1 atom stereocenters. The Bertz CT molecular complexity index is 921. The van der Waals surface area contributed by atoms with Crippen LogP contribution in [-0.2, 0) is 11.2 Å². The lowest BCUT2D eigenvalue weighted by molar-refractivity contribution is -0.131. The molecule has 1 aliphatic heterocycles. The van der Waals surface area contributed by atoms with Crippen LogP contribution in [0.15, 0.2) is 29.0 Å². The Morgan fingerprint density at radius 3 is 2.96 bits per heavy atom. The molecule has 6 nitrogen and oxygen atoms in total. The fourth-order valence-corrected chi connectivity index (χ4v) is 3.92. The van der Waals surface area contributed by atoms with E-state index in [-0.39, 0.29) is 11.9 Å². The van der Waals surface area contributed by atoms with Gasteiger partial charge in [0, 0.05) is 24.5 Å². The van der Waals surface area contributed by atoms with Crippen LogP contribution < -0.4 is 0 Å². The van der Waals surface area contributed by atoms with Crippen molar-refractivity contribution in [3.05, 3.63) is 52.8 Å². The third-order valence-corrected chi connectivity index (χ3v) is 5.13. The second-order valence-corrected chi connectivity index (χ2v) is 6.79. The van der Waals surface area contributed by atoms with Crippen LogP contribution in [-0.4, -0.2) is 31.9 Å². The molecular formula is C19H22N4O2. The Morgan fingerprint density at radius 2 is 2.20 bits per heavy atom. The van der Waals surface area contributed by atoms with Gasteiger partial charge in [0.2, 0.25) is 5.91 Å². The molecule has 1 saturated heterocycles. The van der Waals surface area contributed by atoms with Crippen molar-refractivity contribution in [2.75, 3.05) is 6.54 Å². The number of hydrogen-bond acceptors (Lipinski definition) is 4. The zero-order chi connectivity index (χ0) is 17.6. The zero-order valence-corrected chi connectivity index (χ0v) is 14.8. The summed E-state index contributed by atoms with van der Waals surface area (Å²) >= 11 is 0. The molecule has 0 N–H and O–H groups in total. The van der Waals surface area contributed by atoms with Crippen LogP contribution in [0.2, 0.25) is 0 Å². The van der Waals surface area contributed by atoms with Crippen molar-refractivity contribution in [1.82, 2.24) is 19.4 Å². The maximum Gasteiger partial charge on any atom is 0.229 e. The lowest BCUT2D eigenvalue weighted by atomic mass is 10.0. The van der Waals surface area contributed by atoms with Crippen molar-refractivity contribution in [3.63, 3.8) is 0 Å². The number of pyridine rings is 1. The number of aromatic nitrogens is 3. The SMILES string of the molecule is Cc1noc(C)c1C1CCCN1C(=O)Cc1cnc2c(C)cccn12. The summed E-state index contributed by atoms with van der Waals surface area (Å²) in [4.78, 5) is 19.4. The normalized spacial score (nSPS) is 17.6. The first-order valence-corrected chi connectivity index (χ1v) is 8.70. The van der Waals surface area contributed by atoms with Crippen LogP contribution >= 0.6 is 0 Å². The topological polar surface area (TPSA) is 63.6 Å². The molecule has 25 heavy (non-hydrogen) atoms. The highest BCUT2D eigenvalue weighted by molar-refractivity contribution is 5.79. The fourth-order valence-electron chi connectivity index (χ4n) is 3.92. The first-order chi connectivity index (χ1) is 12.1. The number of carbonyl (C=O) groups is 1. The Morgan fingerprint density at radius 1 is 1.36 bits per heavy atom. The lowest BCUT2D eigenvalue weighted by Gasteiger charge is -2.24. The van der Waals surface area contributed by atoms with Crippen molar-refractivity contribution in [2.24, 2.45) is 0 Å². The predicted molar refractivity (Wildman–Crippen MR) is 93.3 cm³/mol. The van der Waals surface area contributed by atoms with Crippen molar-refractivity contribution >= 4 is 11.6 Å². The molecule has 0 bridgehead atoms. The van der Waals surface area contributed by atoms with Crippen LogP contribution in [0.5, 0.6) is 0 Å². The van der Waals surface area contributed by atoms with Crippen LogP contribution in [0.3, 0.4) is 0 Å². The molecule has 0 aromatic carbocycles. The second-order valence-electron chi connectivity index (χ2n) is 6.79. The highest BCUT2D eigenvalue weighted by Crippen LogP contribution is 2.35. The molecule has 6 heteroatoms. The largest absolute Gasteiger partial charge is 0.361 e. The molecule has 0 aliphatic carbocycles. The molecule has 0 radical (unpaired) electrons. The van der Waals surface area contributed by atoms with E-state index in [1.54, 1.807) is 6.20 Å². The van der Waals surface area contributed by atoms with E-state index in [2.05, 4.69) is 10.1 Å². The van der Waals surface area contributed by atoms with Gasteiger partial charge in [-0.3, -0.25) is 4.79 Å². The van der Waals surface area contributed by atoms with Gasteiger partial charge >= 0.3 is 0 Å². The number of hydrogen-bond donors (Lipinski definition) is 0. The Kier molecular flexibility index (Phi) is 3.82. The molecule has 1 aliphatic rings. The average Bonchev–Trinajstić information content (AvgIpc) is 3.28. The van der Waals surface area contributed by atoms with Crippen molar-refractivity contribution < 1.29 is 9.32 Å². The minimum atomic E-state index is 0.0691. The van der Waals surface area contributed by atoms with Gasteiger partial charge in [-0.2, -0.15) is 0 Å². The summed E-state index contributed by atoms with van der Waals surface area (Å²) in [6.45, 7) is 6.68. The lowest BCUT2D eigenvalue weighted by Crippen LogP contribution is -2.32. The predicted octanol–water partition coefficient (Wildman–Crippen LogP) is 3.15. The number of nitrogens with zero attached hydrogens (tertiary/aromatic N) is 4. The standard InChI is InChI=1S/C19H22N4O2/c1-12-6-4-8-22-15(11-20-19(12)22)10-17(24)23-9-5-7-16(23)18-13(2)21-25-14(18)3/h4,6,8,11,16H,5,7,9-10H2,1-3H3. The van der Waals surface area contributed by atoms with E-state index in [1.807, 2.05) is 48.4 Å². The molecule has 0 saturated carbocycles. The summed E-state index contributed by atoms with van der Waals surface area (Å²) in [6, 6.07) is 4.09. The number of rotatable bonds is 3. The third kappa shape index (κ3) is 2.62. The van der Waals surface area contributed by atoms with Crippen molar-refractivity contribution in [3.8, 4) is 0 Å². The highest BCUT2D eigenvalue weighted by atomic mass is 16.5. The maximum absolute atomic E-state index is 13.0. The molecule has 1 fully saturated rings. The van der Waals surface area contributed by atoms with Gasteiger partial charge in [0.25, 0.3) is 0 Å². The quantitative estimate of drug-likeness (QED) is 0.736. The van der Waals surface area contributed by atoms with Gasteiger partial charge < -0.3 is 13.8 Å². The third-order valence-electron chi connectivity index (χ3n) is 5.13. The molecule has 130 valence electrons. The number of carbonyl (C=O) groups excluding carboxylic acids is 1. The molecule has 3 aromatic rings. The van der Waals surface area contributed by atoms with Gasteiger partial charge in [0.05, 0.1) is 23.9 Å². The van der Waals surface area contributed by atoms with E-state index in [9.17, 15) is 4.79 Å². The molecule has 1 unspecified atom stereocenters. The summed E-state index contributed by atoms with van der Waals surface area (Å²) in [5.41, 5.74) is 4.89. The molecule has 4 heterocycles. The van der Waals surface area contributed by atoms with Crippen LogP contribution in [0.4, 0.5) is 0 Å². The first kappa shape index (κ1) is 15.9. The minimum absolute atomic E-state index is 0.0691. The number of amides is 1. The smallest absolute Gasteiger partial charge is 0.229 e. The number of aryl methyl sites for hydroxylation is 3. The van der Waals surface area contributed by atoms with Gasteiger partial charge in [0.15, 0.2) is 0 Å². The summed E-state index contributed by atoms with van der Waals surface area (Å²) in [7, 11) is 0. The van der Waals surface area contributed by atoms with E-state index in [4.69, 9.17) is 4.52 Å². The van der Waals surface area contributed by atoms with Crippen LogP contribution in [0.1, 0.15) is 47.2 Å². The summed E-state index contributed by atoms with van der Waals surface area (Å²) in [6.07, 6.45) is 6.09. The Hall–Kier alpha value is -2.63. The first-order valence-electron chi connectivity index (χ1n) is 8.70. The molecular weight excluding hydrogens is 316 g/mol. The van der Waals surface area contributed by atoms with E-state index in [0.29, 0.717) is 6.42 Å². The van der Waals surface area contributed by atoms with Gasteiger partial charge in [-0.05, 0) is 45.2 Å². The summed E-state index contributed by atoms with van der Waals surface area (Å²) in [5.74, 6) is 0.943. The highest BCUT2D eigenvalue weighted by Gasteiger charge is 2.33. The summed E-state index contributed by atoms with van der Waals surface area (Å²) in [5, 5.41) is 4.05. The number of imidazole rings is 1. The minimum Gasteiger partial charge on any atom is -0.361 e.